The Labute approximate surface area is 153 Å². The molecule has 0 aliphatic heterocycles. The van der Waals surface area contributed by atoms with Crippen LogP contribution in [0, 0.1) is 20.8 Å². The number of sulfonamides is 1. The highest BCUT2D eigenvalue weighted by Gasteiger charge is 2.16. The first-order chi connectivity index (χ1) is 12.3. The van der Waals surface area contributed by atoms with E-state index in [0.717, 1.165) is 22.0 Å². The summed E-state index contributed by atoms with van der Waals surface area (Å²) in [6.45, 7) is 5.73. The van der Waals surface area contributed by atoms with Gasteiger partial charge in [0, 0.05) is 12.1 Å². The lowest BCUT2D eigenvalue weighted by Gasteiger charge is -2.10. The summed E-state index contributed by atoms with van der Waals surface area (Å²) in [6.07, 6.45) is 0.323. The van der Waals surface area contributed by atoms with E-state index in [2.05, 4.69) is 9.71 Å². The highest BCUT2D eigenvalue weighted by molar-refractivity contribution is 7.89. The molecule has 0 amide bonds. The van der Waals surface area contributed by atoms with Gasteiger partial charge in [0.05, 0.1) is 10.4 Å². The first kappa shape index (κ1) is 18.4. The van der Waals surface area contributed by atoms with Crippen LogP contribution in [0.15, 0.2) is 52.2 Å². The molecular formula is C20H22N2O3S. The van der Waals surface area contributed by atoms with Gasteiger partial charge in [0.2, 0.25) is 10.0 Å². The van der Waals surface area contributed by atoms with Crippen LogP contribution in [0.5, 0.6) is 0 Å². The fraction of sp³-hybridized carbons (Fsp3) is 0.250. The maximum atomic E-state index is 12.5. The molecule has 3 aromatic rings. The molecule has 1 aromatic heterocycles. The average Bonchev–Trinajstić information content (AvgIpc) is 2.58. The van der Waals surface area contributed by atoms with Crippen molar-refractivity contribution in [1.82, 2.24) is 9.71 Å². The minimum Gasteiger partial charge on any atom is -0.321 e. The number of H-pyrrole nitrogens is 1. The van der Waals surface area contributed by atoms with Crippen LogP contribution >= 0.6 is 0 Å². The fourth-order valence-corrected chi connectivity index (χ4v) is 4.37. The molecule has 136 valence electrons. The molecule has 26 heavy (non-hydrogen) atoms. The zero-order valence-corrected chi connectivity index (χ0v) is 15.9. The number of fused-ring (bicyclic) bond motifs is 1. The topological polar surface area (TPSA) is 79.0 Å². The van der Waals surface area contributed by atoms with Crippen LogP contribution in [0.3, 0.4) is 0 Å². The van der Waals surface area contributed by atoms with Crippen molar-refractivity contribution in [2.75, 3.05) is 6.54 Å². The monoisotopic (exact) mass is 370 g/mol. The summed E-state index contributed by atoms with van der Waals surface area (Å²) in [6, 6.07) is 13.0. The Morgan fingerprint density at radius 1 is 1.00 bits per heavy atom. The molecule has 5 nitrogen and oxygen atoms in total. The van der Waals surface area contributed by atoms with Crippen LogP contribution in [0.2, 0.25) is 0 Å². The van der Waals surface area contributed by atoms with Crippen LogP contribution in [0.4, 0.5) is 0 Å². The molecule has 0 saturated heterocycles. The van der Waals surface area contributed by atoms with Gasteiger partial charge in [-0.25, -0.2) is 13.1 Å². The predicted octanol–water partition coefficient (Wildman–Crippen LogP) is 2.97. The Hall–Kier alpha value is -2.44. The Morgan fingerprint density at radius 2 is 1.77 bits per heavy atom. The smallest absolute Gasteiger partial charge is 0.251 e. The number of aromatic nitrogens is 1. The maximum Gasteiger partial charge on any atom is 0.251 e. The lowest BCUT2D eigenvalue weighted by molar-refractivity contribution is 0.581. The van der Waals surface area contributed by atoms with Gasteiger partial charge >= 0.3 is 0 Å². The van der Waals surface area contributed by atoms with E-state index in [1.54, 1.807) is 19.1 Å². The molecule has 0 aliphatic carbocycles. The second kappa shape index (κ2) is 7.05. The third-order valence-corrected chi connectivity index (χ3v) is 6.09. The number of hydrogen-bond donors (Lipinski definition) is 2. The van der Waals surface area contributed by atoms with Crippen LogP contribution in [0.25, 0.3) is 10.9 Å². The number of pyridine rings is 1. The number of aryl methyl sites for hydroxylation is 3. The lowest BCUT2D eigenvalue weighted by atomic mass is 10.1. The van der Waals surface area contributed by atoms with Crippen molar-refractivity contribution in [2.45, 2.75) is 32.1 Å². The summed E-state index contributed by atoms with van der Waals surface area (Å²) in [4.78, 5) is 15.4. The van der Waals surface area contributed by atoms with Crippen molar-refractivity contribution >= 4 is 20.9 Å². The molecule has 2 N–H and O–H groups in total. The summed E-state index contributed by atoms with van der Waals surface area (Å²) in [5, 5.41) is 0.942. The first-order valence-electron chi connectivity index (χ1n) is 8.46. The average molecular weight is 370 g/mol. The minimum absolute atomic E-state index is 0.163. The number of para-hydroxylation sites is 1. The van der Waals surface area contributed by atoms with Crippen molar-refractivity contribution in [2.24, 2.45) is 0 Å². The third kappa shape index (κ3) is 3.71. The van der Waals surface area contributed by atoms with Gasteiger partial charge in [0.25, 0.3) is 5.56 Å². The molecule has 0 aliphatic rings. The maximum absolute atomic E-state index is 12.5. The zero-order valence-electron chi connectivity index (χ0n) is 15.1. The molecule has 0 saturated carbocycles. The molecule has 0 bridgehead atoms. The molecule has 0 atom stereocenters. The van der Waals surface area contributed by atoms with Crippen molar-refractivity contribution in [3.63, 3.8) is 0 Å². The summed E-state index contributed by atoms with van der Waals surface area (Å²) in [7, 11) is -3.61. The van der Waals surface area contributed by atoms with Gasteiger partial charge < -0.3 is 4.98 Å². The van der Waals surface area contributed by atoms with E-state index >= 15 is 0 Å². The van der Waals surface area contributed by atoms with E-state index in [-0.39, 0.29) is 17.0 Å². The van der Waals surface area contributed by atoms with E-state index in [9.17, 15) is 13.2 Å². The Balaban J connectivity index is 1.79. The van der Waals surface area contributed by atoms with Gasteiger partial charge in [-0.05, 0) is 61.4 Å². The zero-order chi connectivity index (χ0) is 18.9. The van der Waals surface area contributed by atoms with Crippen molar-refractivity contribution in [3.8, 4) is 0 Å². The number of rotatable bonds is 5. The highest BCUT2D eigenvalue weighted by atomic mass is 32.2. The van der Waals surface area contributed by atoms with Gasteiger partial charge in [-0.2, -0.15) is 0 Å². The number of benzene rings is 2. The molecule has 0 unspecified atom stereocenters. The molecular weight excluding hydrogens is 348 g/mol. The van der Waals surface area contributed by atoms with Crippen LogP contribution < -0.4 is 10.3 Å². The Morgan fingerprint density at radius 3 is 2.54 bits per heavy atom. The molecule has 0 fully saturated rings. The summed E-state index contributed by atoms with van der Waals surface area (Å²) >= 11 is 0. The number of hydrogen-bond acceptors (Lipinski definition) is 3. The quantitative estimate of drug-likeness (QED) is 0.725. The fourth-order valence-electron chi connectivity index (χ4n) is 3.01. The largest absolute Gasteiger partial charge is 0.321 e. The first-order valence-corrected chi connectivity index (χ1v) is 9.95. The SMILES string of the molecule is Cc1ccc(C)c(S(=O)(=O)NCCc2cc3cccc(C)c3[nH]c2=O)c1. The van der Waals surface area contributed by atoms with Crippen LogP contribution in [-0.2, 0) is 16.4 Å². The predicted molar refractivity (Wildman–Crippen MR) is 104 cm³/mol. The Bertz CT molecular complexity index is 1130. The van der Waals surface area contributed by atoms with E-state index in [4.69, 9.17) is 0 Å². The third-order valence-electron chi connectivity index (χ3n) is 4.48. The lowest BCUT2D eigenvalue weighted by Crippen LogP contribution is -2.28. The van der Waals surface area contributed by atoms with Gasteiger partial charge in [-0.3, -0.25) is 4.79 Å². The van der Waals surface area contributed by atoms with Crippen molar-refractivity contribution in [1.29, 1.82) is 0 Å². The normalized spacial score (nSPS) is 11.8. The van der Waals surface area contributed by atoms with E-state index in [1.165, 1.54) is 0 Å². The van der Waals surface area contributed by atoms with E-state index in [1.807, 2.05) is 44.2 Å². The Kier molecular flexibility index (Phi) is 4.98. The second-order valence-electron chi connectivity index (χ2n) is 6.58. The molecule has 6 heteroatoms. The van der Waals surface area contributed by atoms with Gasteiger partial charge in [0.1, 0.15) is 0 Å². The van der Waals surface area contributed by atoms with Crippen molar-refractivity contribution in [3.05, 3.63) is 75.1 Å². The molecule has 0 radical (unpaired) electrons. The van der Waals surface area contributed by atoms with E-state index < -0.39 is 10.0 Å². The second-order valence-corrected chi connectivity index (χ2v) is 8.31. The van der Waals surface area contributed by atoms with Gasteiger partial charge in [-0.1, -0.05) is 30.3 Å². The highest BCUT2D eigenvalue weighted by Crippen LogP contribution is 2.17. The summed E-state index contributed by atoms with van der Waals surface area (Å²) in [5.74, 6) is 0. The van der Waals surface area contributed by atoms with E-state index in [0.29, 0.717) is 17.5 Å². The summed E-state index contributed by atoms with van der Waals surface area (Å²) < 4.78 is 27.7. The van der Waals surface area contributed by atoms with Crippen molar-refractivity contribution < 1.29 is 8.42 Å². The number of nitrogens with one attached hydrogen (secondary N) is 2. The standard InChI is InChI=1S/C20H22N2O3S/c1-13-7-8-14(2)18(11-13)26(24,25)21-10-9-17-12-16-6-4-5-15(3)19(16)22-20(17)23/h4-8,11-12,21H,9-10H2,1-3H3,(H,22,23). The van der Waals surface area contributed by atoms with Gasteiger partial charge in [-0.15, -0.1) is 0 Å². The molecule has 0 spiro atoms. The minimum atomic E-state index is -3.61. The van der Waals surface area contributed by atoms with Gasteiger partial charge in [0.15, 0.2) is 0 Å². The number of aromatic amines is 1. The molecule has 3 rings (SSSR count). The van der Waals surface area contributed by atoms with Crippen LogP contribution in [0.1, 0.15) is 22.3 Å². The molecule has 2 aromatic carbocycles. The molecule has 1 heterocycles. The summed E-state index contributed by atoms with van der Waals surface area (Å²) in [5.41, 5.74) is 3.78. The van der Waals surface area contributed by atoms with Crippen LogP contribution in [-0.4, -0.2) is 19.9 Å².